The predicted octanol–water partition coefficient (Wildman–Crippen LogP) is 2.53. The van der Waals surface area contributed by atoms with E-state index in [1.165, 1.54) is 26.2 Å². The minimum atomic E-state index is -0.164. The van der Waals surface area contributed by atoms with Crippen molar-refractivity contribution in [3.05, 3.63) is 0 Å². The fourth-order valence-corrected chi connectivity index (χ4v) is 2.07. The molecule has 0 aromatic carbocycles. The van der Waals surface area contributed by atoms with Crippen LogP contribution in [0.1, 0.15) is 46.0 Å². The van der Waals surface area contributed by atoms with Crippen LogP contribution in [0.4, 0.5) is 0 Å². The van der Waals surface area contributed by atoms with E-state index < -0.39 is 0 Å². The summed E-state index contributed by atoms with van der Waals surface area (Å²) in [5, 5.41) is 0. The molecule has 0 bridgehead atoms. The Hall–Kier alpha value is -0.570. The number of esters is 1. The van der Waals surface area contributed by atoms with Crippen molar-refractivity contribution in [1.29, 1.82) is 0 Å². The normalized spacial score (nSPS) is 26.3. The van der Waals surface area contributed by atoms with E-state index in [1.54, 1.807) is 0 Å². The summed E-state index contributed by atoms with van der Waals surface area (Å²) in [6.45, 7) is 5.16. The summed E-state index contributed by atoms with van der Waals surface area (Å²) in [7, 11) is 0. The highest BCUT2D eigenvalue weighted by Crippen LogP contribution is 2.23. The van der Waals surface area contributed by atoms with Crippen molar-refractivity contribution in [2.24, 2.45) is 5.92 Å². The molecule has 1 aliphatic rings. The van der Waals surface area contributed by atoms with E-state index in [2.05, 4.69) is 6.92 Å². The van der Waals surface area contributed by atoms with Crippen LogP contribution < -0.4 is 0 Å². The van der Waals surface area contributed by atoms with Gasteiger partial charge in [0.25, 0.3) is 0 Å². The number of unbranched alkanes of at least 4 members (excludes halogenated alkanes) is 2. The van der Waals surface area contributed by atoms with Crippen molar-refractivity contribution in [3.8, 4) is 0 Å². The largest absolute Gasteiger partial charge is 0.462 e. The molecule has 0 spiro atoms. The Morgan fingerprint density at radius 2 is 2.27 bits per heavy atom. The summed E-state index contributed by atoms with van der Waals surface area (Å²) < 4.78 is 10.7. The molecule has 2 atom stereocenters. The van der Waals surface area contributed by atoms with E-state index in [0.29, 0.717) is 5.92 Å². The van der Waals surface area contributed by atoms with E-state index in [0.717, 1.165) is 26.1 Å². The minimum Gasteiger partial charge on any atom is -0.462 e. The number of ether oxygens (including phenoxy) is 2. The summed E-state index contributed by atoms with van der Waals surface area (Å²) in [5.41, 5.74) is 0. The maximum Gasteiger partial charge on any atom is 0.302 e. The van der Waals surface area contributed by atoms with Crippen molar-refractivity contribution in [2.75, 3.05) is 13.2 Å². The maximum absolute atomic E-state index is 10.9. The number of rotatable bonds is 5. The highest BCUT2D eigenvalue weighted by molar-refractivity contribution is 5.66. The van der Waals surface area contributed by atoms with Crippen LogP contribution in [0.2, 0.25) is 0 Å². The van der Waals surface area contributed by atoms with Gasteiger partial charge in [-0.05, 0) is 6.42 Å². The molecule has 0 aromatic rings. The molecule has 1 heterocycles. The molecule has 0 aromatic heterocycles. The molecule has 0 amide bonds. The second-order valence-corrected chi connectivity index (χ2v) is 4.27. The molecule has 0 N–H and O–H groups in total. The molecular formula is C12H22O3. The summed E-state index contributed by atoms with van der Waals surface area (Å²) in [5.74, 6) is 0.247. The first-order valence-electron chi connectivity index (χ1n) is 5.99. The van der Waals surface area contributed by atoms with Crippen molar-refractivity contribution >= 4 is 5.97 Å². The van der Waals surface area contributed by atoms with Crippen LogP contribution in [-0.4, -0.2) is 25.3 Å². The number of carbonyl (C=O) groups excluding carboxylic acids is 1. The van der Waals surface area contributed by atoms with E-state index >= 15 is 0 Å². The lowest BCUT2D eigenvalue weighted by molar-refractivity contribution is -0.156. The molecule has 0 saturated carbocycles. The Morgan fingerprint density at radius 1 is 1.47 bits per heavy atom. The monoisotopic (exact) mass is 214 g/mol. The topological polar surface area (TPSA) is 35.5 Å². The Kier molecular flexibility index (Phi) is 5.69. The molecule has 88 valence electrons. The SMILES string of the molecule is CCCCC[C@H]1COCC[C@@H]1OC(C)=O. The Bertz CT molecular complexity index is 191. The lowest BCUT2D eigenvalue weighted by atomic mass is 9.92. The molecule has 3 nitrogen and oxygen atoms in total. The Morgan fingerprint density at radius 3 is 2.93 bits per heavy atom. The van der Waals surface area contributed by atoms with Gasteiger partial charge in [-0.1, -0.05) is 26.2 Å². The van der Waals surface area contributed by atoms with Crippen LogP contribution in [-0.2, 0) is 14.3 Å². The van der Waals surface area contributed by atoms with Gasteiger partial charge in [-0.3, -0.25) is 4.79 Å². The van der Waals surface area contributed by atoms with Gasteiger partial charge in [0.2, 0.25) is 0 Å². The van der Waals surface area contributed by atoms with Crippen LogP contribution >= 0.6 is 0 Å². The molecule has 1 fully saturated rings. The van der Waals surface area contributed by atoms with Gasteiger partial charge in [-0.2, -0.15) is 0 Å². The van der Waals surface area contributed by atoms with Crippen molar-refractivity contribution in [1.82, 2.24) is 0 Å². The second-order valence-electron chi connectivity index (χ2n) is 4.27. The third-order valence-corrected chi connectivity index (χ3v) is 2.90. The van der Waals surface area contributed by atoms with Gasteiger partial charge in [-0.15, -0.1) is 0 Å². The van der Waals surface area contributed by atoms with E-state index in [1.807, 2.05) is 0 Å². The third-order valence-electron chi connectivity index (χ3n) is 2.90. The zero-order valence-corrected chi connectivity index (χ0v) is 9.83. The van der Waals surface area contributed by atoms with Gasteiger partial charge in [0, 0.05) is 19.3 Å². The van der Waals surface area contributed by atoms with E-state index in [-0.39, 0.29) is 12.1 Å². The average Bonchev–Trinajstić information content (AvgIpc) is 2.20. The zero-order chi connectivity index (χ0) is 11.1. The maximum atomic E-state index is 10.9. The highest BCUT2D eigenvalue weighted by Gasteiger charge is 2.27. The van der Waals surface area contributed by atoms with Crippen molar-refractivity contribution < 1.29 is 14.3 Å². The highest BCUT2D eigenvalue weighted by atomic mass is 16.6. The van der Waals surface area contributed by atoms with E-state index in [4.69, 9.17) is 9.47 Å². The summed E-state index contributed by atoms with van der Waals surface area (Å²) >= 11 is 0. The fourth-order valence-electron chi connectivity index (χ4n) is 2.07. The Balaban J connectivity index is 2.32. The molecule has 1 saturated heterocycles. The quantitative estimate of drug-likeness (QED) is 0.521. The third kappa shape index (κ3) is 4.65. The summed E-state index contributed by atoms with van der Waals surface area (Å²) in [4.78, 5) is 10.9. The van der Waals surface area contributed by atoms with Gasteiger partial charge in [0.05, 0.1) is 13.2 Å². The standard InChI is InChI=1S/C12H22O3/c1-3-4-5-6-11-9-14-8-7-12(11)15-10(2)13/h11-12H,3-9H2,1-2H3/t11-,12-/m0/s1. The fraction of sp³-hybridized carbons (Fsp3) is 0.917. The molecule has 1 aliphatic heterocycles. The Labute approximate surface area is 92.1 Å². The average molecular weight is 214 g/mol. The van der Waals surface area contributed by atoms with Crippen LogP contribution in [0.25, 0.3) is 0 Å². The van der Waals surface area contributed by atoms with Crippen LogP contribution in [0.15, 0.2) is 0 Å². The first-order chi connectivity index (χ1) is 7.24. The van der Waals surface area contributed by atoms with Crippen molar-refractivity contribution in [3.63, 3.8) is 0 Å². The van der Waals surface area contributed by atoms with Gasteiger partial charge in [-0.25, -0.2) is 0 Å². The number of hydrogen-bond donors (Lipinski definition) is 0. The first kappa shape index (κ1) is 12.5. The van der Waals surface area contributed by atoms with Gasteiger partial charge < -0.3 is 9.47 Å². The molecule has 1 rings (SSSR count). The number of hydrogen-bond acceptors (Lipinski definition) is 3. The van der Waals surface area contributed by atoms with Gasteiger partial charge in [0.1, 0.15) is 6.10 Å². The minimum absolute atomic E-state index is 0.0908. The summed E-state index contributed by atoms with van der Waals surface area (Å²) in [6.07, 6.45) is 5.76. The molecule has 0 unspecified atom stereocenters. The molecule has 0 radical (unpaired) electrons. The summed E-state index contributed by atoms with van der Waals surface area (Å²) in [6, 6.07) is 0. The lowest BCUT2D eigenvalue weighted by Crippen LogP contribution is -2.35. The molecular weight excluding hydrogens is 192 g/mol. The van der Waals surface area contributed by atoms with Crippen LogP contribution in [0.5, 0.6) is 0 Å². The predicted molar refractivity (Wildman–Crippen MR) is 58.6 cm³/mol. The second kappa shape index (κ2) is 6.83. The van der Waals surface area contributed by atoms with Gasteiger partial charge in [0.15, 0.2) is 0 Å². The zero-order valence-electron chi connectivity index (χ0n) is 9.83. The van der Waals surface area contributed by atoms with Crippen LogP contribution in [0.3, 0.4) is 0 Å². The van der Waals surface area contributed by atoms with Crippen LogP contribution in [0, 0.1) is 5.92 Å². The lowest BCUT2D eigenvalue weighted by Gasteiger charge is -2.30. The van der Waals surface area contributed by atoms with Crippen molar-refractivity contribution in [2.45, 2.75) is 52.1 Å². The van der Waals surface area contributed by atoms with Gasteiger partial charge >= 0.3 is 5.97 Å². The molecule has 15 heavy (non-hydrogen) atoms. The molecule has 3 heteroatoms. The number of carbonyl (C=O) groups is 1. The first-order valence-corrected chi connectivity index (χ1v) is 5.99. The smallest absolute Gasteiger partial charge is 0.302 e. The van der Waals surface area contributed by atoms with E-state index in [9.17, 15) is 4.79 Å². The molecule has 0 aliphatic carbocycles.